The van der Waals surface area contributed by atoms with Crippen LogP contribution in [0.3, 0.4) is 0 Å². The molecule has 1 aromatic heterocycles. The number of nitrogens with zero attached hydrogens (tertiary/aromatic N) is 1. The molecule has 0 amide bonds. The minimum atomic E-state index is -4.70. The van der Waals surface area contributed by atoms with Gasteiger partial charge in [-0.05, 0) is 19.2 Å². The van der Waals surface area contributed by atoms with Crippen LogP contribution in [0.5, 0.6) is 0 Å². The van der Waals surface area contributed by atoms with E-state index in [1.807, 2.05) is 0 Å². The fourth-order valence-electron chi connectivity index (χ4n) is 1.61. The number of hydrogen-bond acceptors (Lipinski definition) is 3. The number of rotatable bonds is 3. The molecule has 0 spiro atoms. The average molecular weight is 290 g/mol. The first-order chi connectivity index (χ1) is 8.93. The first-order valence-corrected chi connectivity index (χ1v) is 6.26. The molecule has 0 saturated carbocycles. The fourth-order valence-corrected chi connectivity index (χ4v) is 2.45. The lowest BCUT2D eigenvalue weighted by molar-refractivity contribution is -0.139. The van der Waals surface area contributed by atoms with E-state index in [4.69, 9.17) is 0 Å². The van der Waals surface area contributed by atoms with Gasteiger partial charge in [0, 0.05) is 17.5 Å². The fraction of sp³-hybridized carbons (Fsp3) is 0.250. The van der Waals surface area contributed by atoms with E-state index in [0.29, 0.717) is 12.2 Å². The molecule has 0 radical (unpaired) electrons. The van der Waals surface area contributed by atoms with Crippen molar-refractivity contribution < 1.29 is 17.6 Å². The minimum absolute atomic E-state index is 0.123. The van der Waals surface area contributed by atoms with E-state index in [-0.39, 0.29) is 10.6 Å². The van der Waals surface area contributed by atoms with Crippen molar-refractivity contribution in [3.8, 4) is 10.6 Å². The van der Waals surface area contributed by atoms with Gasteiger partial charge < -0.3 is 5.32 Å². The molecule has 102 valence electrons. The Morgan fingerprint density at radius 2 is 2.05 bits per heavy atom. The molecule has 0 unspecified atom stereocenters. The lowest BCUT2D eigenvalue weighted by Gasteiger charge is -2.09. The molecule has 2 aromatic rings. The van der Waals surface area contributed by atoms with Crippen LogP contribution in [0.1, 0.15) is 11.3 Å². The summed E-state index contributed by atoms with van der Waals surface area (Å²) < 4.78 is 51.7. The molecule has 2 nitrogen and oxygen atoms in total. The summed E-state index contributed by atoms with van der Waals surface area (Å²) in [5, 5.41) is 4.80. The van der Waals surface area contributed by atoms with Crippen molar-refractivity contribution in [2.45, 2.75) is 12.7 Å². The molecular formula is C12H10F4N2S. The van der Waals surface area contributed by atoms with Crippen LogP contribution >= 0.6 is 11.3 Å². The van der Waals surface area contributed by atoms with Crippen LogP contribution < -0.4 is 5.32 Å². The number of nitrogens with one attached hydrogen (secondary N) is 1. The average Bonchev–Trinajstić information content (AvgIpc) is 2.76. The van der Waals surface area contributed by atoms with Gasteiger partial charge in [-0.25, -0.2) is 9.37 Å². The number of hydrogen-bond donors (Lipinski definition) is 1. The Balaban J connectivity index is 2.45. The van der Waals surface area contributed by atoms with Gasteiger partial charge in [0.05, 0.1) is 11.3 Å². The van der Waals surface area contributed by atoms with Gasteiger partial charge in [0.1, 0.15) is 10.8 Å². The summed E-state index contributed by atoms with van der Waals surface area (Å²) in [5.74, 6) is -1.28. The Morgan fingerprint density at radius 1 is 1.32 bits per heavy atom. The van der Waals surface area contributed by atoms with Crippen LogP contribution in [0, 0.1) is 5.82 Å². The number of halogens is 4. The van der Waals surface area contributed by atoms with Gasteiger partial charge in [-0.15, -0.1) is 11.3 Å². The molecule has 1 N–H and O–H groups in total. The molecule has 2 rings (SSSR count). The lowest BCUT2D eigenvalue weighted by Crippen LogP contribution is -2.08. The molecule has 19 heavy (non-hydrogen) atoms. The number of alkyl halides is 3. The van der Waals surface area contributed by atoms with Gasteiger partial charge in [0.25, 0.3) is 0 Å². The molecule has 0 aliphatic rings. The highest BCUT2D eigenvalue weighted by atomic mass is 32.1. The first kappa shape index (κ1) is 14.0. The van der Waals surface area contributed by atoms with Crippen molar-refractivity contribution in [3.05, 3.63) is 40.7 Å². The quantitative estimate of drug-likeness (QED) is 0.872. The molecule has 7 heteroatoms. The summed E-state index contributed by atoms with van der Waals surface area (Å²) >= 11 is 1.12. The highest BCUT2D eigenvalue weighted by Gasteiger charge is 2.35. The van der Waals surface area contributed by atoms with Crippen molar-refractivity contribution in [1.29, 1.82) is 0 Å². The molecular weight excluding hydrogens is 280 g/mol. The van der Waals surface area contributed by atoms with Crippen LogP contribution in [-0.4, -0.2) is 12.0 Å². The SMILES string of the molecule is CNCc1csc(-c2cccc(C(F)(F)F)c2F)n1. The van der Waals surface area contributed by atoms with E-state index in [9.17, 15) is 17.6 Å². The van der Waals surface area contributed by atoms with Crippen LogP contribution in [0.2, 0.25) is 0 Å². The standard InChI is InChI=1S/C12H10F4N2S/c1-17-5-7-6-19-11(18-7)8-3-2-4-9(10(8)13)12(14,15)16/h2-4,6,17H,5H2,1H3. The van der Waals surface area contributed by atoms with Crippen LogP contribution in [0.15, 0.2) is 23.6 Å². The van der Waals surface area contributed by atoms with E-state index in [2.05, 4.69) is 10.3 Å². The predicted molar refractivity (Wildman–Crippen MR) is 65.3 cm³/mol. The van der Waals surface area contributed by atoms with Gasteiger partial charge in [0.15, 0.2) is 0 Å². The Bertz CT molecular complexity index is 577. The second-order valence-corrected chi connectivity index (χ2v) is 4.70. The summed E-state index contributed by atoms with van der Waals surface area (Å²) in [6.07, 6.45) is -4.70. The van der Waals surface area contributed by atoms with E-state index in [1.165, 1.54) is 12.1 Å². The smallest absolute Gasteiger partial charge is 0.314 e. The third-order valence-corrected chi connectivity index (χ3v) is 3.37. The molecule has 0 fully saturated rings. The summed E-state index contributed by atoms with van der Waals surface area (Å²) in [4.78, 5) is 4.10. The molecule has 0 atom stereocenters. The Morgan fingerprint density at radius 3 is 2.68 bits per heavy atom. The lowest BCUT2D eigenvalue weighted by atomic mass is 10.1. The molecule has 1 heterocycles. The molecule has 0 saturated heterocycles. The summed E-state index contributed by atoms with van der Waals surface area (Å²) in [6, 6.07) is 3.20. The molecule has 0 aliphatic heterocycles. The number of aromatic nitrogens is 1. The van der Waals surface area contributed by atoms with E-state index in [1.54, 1.807) is 12.4 Å². The van der Waals surface area contributed by atoms with E-state index >= 15 is 0 Å². The molecule has 0 bridgehead atoms. The summed E-state index contributed by atoms with van der Waals surface area (Å²) in [7, 11) is 1.73. The first-order valence-electron chi connectivity index (χ1n) is 5.38. The van der Waals surface area contributed by atoms with E-state index in [0.717, 1.165) is 17.4 Å². The predicted octanol–water partition coefficient (Wildman–Crippen LogP) is 3.69. The van der Waals surface area contributed by atoms with Gasteiger partial charge in [-0.1, -0.05) is 6.07 Å². The van der Waals surface area contributed by atoms with Gasteiger partial charge >= 0.3 is 6.18 Å². The normalized spacial score (nSPS) is 11.8. The highest BCUT2D eigenvalue weighted by Crippen LogP contribution is 2.36. The maximum Gasteiger partial charge on any atom is 0.419 e. The number of benzene rings is 1. The number of thiazole rings is 1. The Hall–Kier alpha value is -1.47. The van der Waals surface area contributed by atoms with Gasteiger partial charge in [0.2, 0.25) is 0 Å². The second-order valence-electron chi connectivity index (χ2n) is 3.84. The van der Waals surface area contributed by atoms with Gasteiger partial charge in [-0.3, -0.25) is 0 Å². The third kappa shape index (κ3) is 2.93. The van der Waals surface area contributed by atoms with Crippen LogP contribution in [0.25, 0.3) is 10.6 Å². The van der Waals surface area contributed by atoms with Gasteiger partial charge in [-0.2, -0.15) is 13.2 Å². The van der Waals surface area contributed by atoms with Crippen LogP contribution in [-0.2, 0) is 12.7 Å². The zero-order valence-corrected chi connectivity index (χ0v) is 10.7. The molecule has 0 aliphatic carbocycles. The summed E-state index contributed by atoms with van der Waals surface area (Å²) in [6.45, 7) is 0.483. The van der Waals surface area contributed by atoms with Crippen molar-refractivity contribution in [1.82, 2.24) is 10.3 Å². The zero-order valence-electron chi connectivity index (χ0n) is 9.88. The second kappa shape index (κ2) is 5.26. The monoisotopic (exact) mass is 290 g/mol. The largest absolute Gasteiger partial charge is 0.419 e. The van der Waals surface area contributed by atoms with Crippen molar-refractivity contribution >= 4 is 11.3 Å². The topological polar surface area (TPSA) is 24.9 Å². The maximum absolute atomic E-state index is 13.9. The minimum Gasteiger partial charge on any atom is -0.314 e. The van der Waals surface area contributed by atoms with Crippen molar-refractivity contribution in [3.63, 3.8) is 0 Å². The highest BCUT2D eigenvalue weighted by molar-refractivity contribution is 7.13. The Labute approximate surface area is 111 Å². The van der Waals surface area contributed by atoms with Crippen molar-refractivity contribution in [2.75, 3.05) is 7.05 Å². The van der Waals surface area contributed by atoms with Crippen LogP contribution in [0.4, 0.5) is 17.6 Å². The van der Waals surface area contributed by atoms with Crippen molar-refractivity contribution in [2.24, 2.45) is 0 Å². The third-order valence-electron chi connectivity index (χ3n) is 2.44. The zero-order chi connectivity index (χ0) is 14.0. The summed E-state index contributed by atoms with van der Waals surface area (Å²) in [5.41, 5.74) is -0.725. The molecule has 1 aromatic carbocycles. The Kier molecular flexibility index (Phi) is 3.86. The van der Waals surface area contributed by atoms with E-state index < -0.39 is 17.6 Å². The maximum atomic E-state index is 13.9.